The number of carbonyl (C=O) groups is 1. The van der Waals surface area contributed by atoms with Crippen LogP contribution >= 0.6 is 22.9 Å². The zero-order chi connectivity index (χ0) is 25.5. The lowest BCUT2D eigenvalue weighted by Crippen LogP contribution is -2.30. The molecule has 0 aliphatic carbocycles. The molecule has 11 heteroatoms. The molecule has 1 unspecified atom stereocenters. The van der Waals surface area contributed by atoms with Gasteiger partial charge in [-0.15, -0.1) is 11.3 Å². The molecule has 3 heterocycles. The minimum atomic E-state index is -3.28. The number of carbonyl (C=O) groups excluding carboxylic acids is 1. The number of hydrogen-bond donors (Lipinski definition) is 1. The number of anilines is 1. The maximum Gasteiger partial charge on any atom is 0.230 e. The Bertz CT molecular complexity index is 1360. The van der Waals surface area contributed by atoms with Crippen LogP contribution in [0.25, 0.3) is 0 Å². The molecular formula is C24H26ClFN4O3S2. The number of nitrogens with one attached hydrogen (secondary N) is 1. The third-order valence-corrected chi connectivity index (χ3v) is 8.39. The van der Waals surface area contributed by atoms with Crippen LogP contribution in [-0.4, -0.2) is 35.4 Å². The van der Waals surface area contributed by atoms with E-state index in [1.54, 1.807) is 12.1 Å². The maximum atomic E-state index is 14.6. The minimum absolute atomic E-state index is 0.0412. The molecule has 1 N–H and O–H groups in total. The first-order valence-electron chi connectivity index (χ1n) is 11.1. The van der Waals surface area contributed by atoms with Crippen LogP contribution in [0.2, 0.25) is 5.15 Å². The van der Waals surface area contributed by atoms with E-state index in [2.05, 4.69) is 29.0 Å². The highest BCUT2D eigenvalue weighted by Crippen LogP contribution is 2.46. The largest absolute Gasteiger partial charge is 0.302 e. The van der Waals surface area contributed by atoms with Crippen molar-refractivity contribution >= 4 is 43.8 Å². The van der Waals surface area contributed by atoms with Gasteiger partial charge in [-0.05, 0) is 30.5 Å². The predicted octanol–water partition coefficient (Wildman–Crippen LogP) is 5.19. The first-order chi connectivity index (χ1) is 16.4. The van der Waals surface area contributed by atoms with Gasteiger partial charge in [0.1, 0.15) is 11.0 Å². The van der Waals surface area contributed by atoms with E-state index < -0.39 is 9.84 Å². The van der Waals surface area contributed by atoms with Crippen molar-refractivity contribution in [1.29, 1.82) is 0 Å². The Morgan fingerprint density at radius 3 is 2.57 bits per heavy atom. The summed E-state index contributed by atoms with van der Waals surface area (Å²) in [7, 11) is -3.28. The summed E-state index contributed by atoms with van der Waals surface area (Å²) in [5.74, 6) is -0.410. The number of pyridine rings is 1. The smallest absolute Gasteiger partial charge is 0.230 e. The van der Waals surface area contributed by atoms with Crippen molar-refractivity contribution in [1.82, 2.24) is 14.9 Å². The van der Waals surface area contributed by atoms with Crippen LogP contribution in [0.15, 0.2) is 41.4 Å². The standard InChI is InChI=1S/C24H26ClFN4O3S2/c1-13(2)23-22-19(12-30(23)14(3)17-11-27-20(25)10-18(17)26)34-24(29-22)28-21(31)9-15-5-7-16(8-6-15)35(4,32)33/h5-8,10-11,13-14,23H,9,12H2,1-4H3,(H,28,29,31)/t14-,23?/m1/s1. The number of halogens is 2. The topological polar surface area (TPSA) is 92.3 Å². The molecule has 1 aliphatic rings. The summed E-state index contributed by atoms with van der Waals surface area (Å²) in [6.07, 6.45) is 2.73. The lowest BCUT2D eigenvalue weighted by atomic mass is 9.99. The van der Waals surface area contributed by atoms with Gasteiger partial charge in [0.2, 0.25) is 5.91 Å². The zero-order valence-electron chi connectivity index (χ0n) is 19.7. The molecular weight excluding hydrogens is 511 g/mol. The molecule has 0 saturated heterocycles. The van der Waals surface area contributed by atoms with Gasteiger partial charge in [-0.2, -0.15) is 0 Å². The summed E-state index contributed by atoms with van der Waals surface area (Å²) in [5, 5.41) is 3.50. The van der Waals surface area contributed by atoms with E-state index in [-0.39, 0.29) is 46.2 Å². The fourth-order valence-corrected chi connectivity index (χ4v) is 6.17. The van der Waals surface area contributed by atoms with Crippen molar-refractivity contribution in [2.45, 2.75) is 50.7 Å². The van der Waals surface area contributed by atoms with Crippen LogP contribution in [0.5, 0.6) is 0 Å². The van der Waals surface area contributed by atoms with Gasteiger partial charge in [0.15, 0.2) is 15.0 Å². The van der Waals surface area contributed by atoms with Crippen LogP contribution in [-0.2, 0) is 27.6 Å². The molecule has 0 spiro atoms. The Hall–Kier alpha value is -2.40. The van der Waals surface area contributed by atoms with Crippen LogP contribution < -0.4 is 5.32 Å². The van der Waals surface area contributed by atoms with E-state index in [4.69, 9.17) is 16.6 Å². The van der Waals surface area contributed by atoms with Crippen molar-refractivity contribution in [3.05, 3.63) is 69.2 Å². The van der Waals surface area contributed by atoms with E-state index in [0.29, 0.717) is 22.8 Å². The first kappa shape index (κ1) is 25.7. The van der Waals surface area contributed by atoms with Crippen molar-refractivity contribution in [3.63, 3.8) is 0 Å². The third-order valence-electron chi connectivity index (χ3n) is 6.08. The van der Waals surface area contributed by atoms with Gasteiger partial charge in [0.05, 0.1) is 23.1 Å². The van der Waals surface area contributed by atoms with Crippen LogP contribution in [0, 0.1) is 11.7 Å². The Morgan fingerprint density at radius 1 is 1.29 bits per heavy atom. The Labute approximate surface area is 213 Å². The van der Waals surface area contributed by atoms with Gasteiger partial charge in [-0.25, -0.2) is 22.8 Å². The van der Waals surface area contributed by atoms with Crippen LogP contribution in [0.3, 0.4) is 0 Å². The van der Waals surface area contributed by atoms with E-state index in [1.165, 1.54) is 35.7 Å². The summed E-state index contributed by atoms with van der Waals surface area (Å²) in [4.78, 5) is 24.8. The number of thiazole rings is 1. The number of benzene rings is 1. The maximum absolute atomic E-state index is 14.6. The Morgan fingerprint density at radius 2 is 1.97 bits per heavy atom. The molecule has 1 aliphatic heterocycles. The molecule has 0 radical (unpaired) electrons. The van der Waals surface area contributed by atoms with Crippen molar-refractivity contribution < 1.29 is 17.6 Å². The number of nitrogens with zero attached hydrogens (tertiary/aromatic N) is 3. The molecule has 2 atom stereocenters. The molecule has 1 aromatic carbocycles. The lowest BCUT2D eigenvalue weighted by molar-refractivity contribution is -0.115. The molecule has 0 saturated carbocycles. The highest BCUT2D eigenvalue weighted by atomic mass is 35.5. The average Bonchev–Trinajstić information content (AvgIpc) is 3.29. The second kappa shape index (κ2) is 9.93. The molecule has 186 valence electrons. The van der Waals surface area contributed by atoms with Crippen LogP contribution in [0.4, 0.5) is 9.52 Å². The fourth-order valence-electron chi connectivity index (χ4n) is 4.37. The monoisotopic (exact) mass is 536 g/mol. The van der Waals surface area contributed by atoms with Crippen LogP contribution in [0.1, 0.15) is 54.6 Å². The number of rotatable bonds is 7. The van der Waals surface area contributed by atoms with E-state index >= 15 is 0 Å². The fraction of sp³-hybridized carbons (Fsp3) is 0.375. The summed E-state index contributed by atoms with van der Waals surface area (Å²) in [6.45, 7) is 6.71. The Balaban J connectivity index is 1.47. The summed E-state index contributed by atoms with van der Waals surface area (Å²) in [5.41, 5.74) is 2.08. The molecule has 35 heavy (non-hydrogen) atoms. The van der Waals surface area contributed by atoms with Gasteiger partial charge >= 0.3 is 0 Å². The molecule has 7 nitrogen and oxygen atoms in total. The molecule has 3 aromatic rings. The molecule has 4 rings (SSSR count). The van der Waals surface area contributed by atoms with Crippen molar-refractivity contribution in [3.8, 4) is 0 Å². The quantitative estimate of drug-likeness (QED) is 0.418. The van der Waals surface area contributed by atoms with Gasteiger partial charge in [-0.3, -0.25) is 9.69 Å². The molecule has 0 fully saturated rings. The number of amides is 1. The molecule has 1 amide bonds. The number of fused-ring (bicyclic) bond motifs is 1. The number of aromatic nitrogens is 2. The predicted molar refractivity (Wildman–Crippen MR) is 135 cm³/mol. The van der Waals surface area contributed by atoms with E-state index in [9.17, 15) is 17.6 Å². The summed E-state index contributed by atoms with van der Waals surface area (Å²) in [6, 6.07) is 7.22. The normalized spacial score (nSPS) is 16.9. The summed E-state index contributed by atoms with van der Waals surface area (Å²) >= 11 is 7.24. The lowest BCUT2D eigenvalue weighted by Gasteiger charge is -2.33. The first-order valence-corrected chi connectivity index (χ1v) is 14.2. The van der Waals surface area contributed by atoms with Gasteiger partial charge in [-0.1, -0.05) is 37.6 Å². The van der Waals surface area contributed by atoms with Crippen molar-refractivity contribution in [2.75, 3.05) is 11.6 Å². The Kier molecular flexibility index (Phi) is 7.28. The number of hydrogen-bond acceptors (Lipinski definition) is 7. The minimum Gasteiger partial charge on any atom is -0.302 e. The average molecular weight is 537 g/mol. The van der Waals surface area contributed by atoms with Crippen molar-refractivity contribution in [2.24, 2.45) is 5.92 Å². The van der Waals surface area contributed by atoms with Gasteiger partial charge < -0.3 is 5.32 Å². The van der Waals surface area contributed by atoms with Gasteiger partial charge in [0.25, 0.3) is 0 Å². The number of sulfone groups is 1. The second-order valence-electron chi connectivity index (χ2n) is 9.03. The molecule has 2 aromatic heterocycles. The van der Waals surface area contributed by atoms with E-state index in [1.807, 2.05) is 6.92 Å². The second-order valence-corrected chi connectivity index (χ2v) is 12.5. The summed E-state index contributed by atoms with van der Waals surface area (Å²) < 4.78 is 37.8. The highest BCUT2D eigenvalue weighted by molar-refractivity contribution is 7.90. The SMILES string of the molecule is CC(C)C1c2nc(NC(=O)Cc3ccc(S(C)(=O)=O)cc3)sc2CN1[C@H](C)c1cnc(Cl)cc1F. The zero-order valence-corrected chi connectivity index (χ0v) is 22.1. The molecule has 0 bridgehead atoms. The van der Waals surface area contributed by atoms with Gasteiger partial charge in [0, 0.05) is 41.5 Å². The third kappa shape index (κ3) is 5.55. The highest BCUT2D eigenvalue weighted by Gasteiger charge is 2.39. The van der Waals surface area contributed by atoms with E-state index in [0.717, 1.165) is 16.8 Å².